The van der Waals surface area contributed by atoms with Gasteiger partial charge in [0.05, 0.1) is 19.0 Å². The molecule has 0 aliphatic carbocycles. The molecule has 0 aromatic carbocycles. The fourth-order valence-corrected chi connectivity index (χ4v) is 3.01. The van der Waals surface area contributed by atoms with E-state index in [4.69, 9.17) is 9.72 Å². The van der Waals surface area contributed by atoms with Crippen molar-refractivity contribution in [3.63, 3.8) is 0 Å². The highest BCUT2D eigenvalue weighted by Gasteiger charge is 2.25. The minimum Gasteiger partial charge on any atom is -0.481 e. The summed E-state index contributed by atoms with van der Waals surface area (Å²) in [5.74, 6) is 2.04. The molecule has 4 rings (SSSR count). The molecular formula is C17H20N8O. The standard InChI is InChI=1S/C17H20N8O/c1-24-9-12(8-21-24)14-3-5-18-17(23-14)25-6-4-13(10-25)22-15-7-16(26-2)20-11-19-15/h3,5,7-9,11,13H,4,6,10H2,1-2H3,(H,19,20,22). The number of methoxy groups -OCH3 is 1. The van der Waals surface area contributed by atoms with Gasteiger partial charge in [-0.15, -0.1) is 0 Å². The van der Waals surface area contributed by atoms with E-state index in [1.54, 1.807) is 24.1 Å². The largest absolute Gasteiger partial charge is 0.481 e. The molecule has 1 fully saturated rings. The van der Waals surface area contributed by atoms with Crippen molar-refractivity contribution in [2.24, 2.45) is 7.05 Å². The van der Waals surface area contributed by atoms with Gasteiger partial charge < -0.3 is 15.0 Å². The number of rotatable bonds is 5. The number of aryl methyl sites for hydroxylation is 1. The second-order valence-electron chi connectivity index (χ2n) is 6.17. The predicted molar refractivity (Wildman–Crippen MR) is 97.1 cm³/mol. The number of hydrogen-bond acceptors (Lipinski definition) is 8. The van der Waals surface area contributed by atoms with Crippen LogP contribution in [0.15, 0.2) is 37.1 Å². The Hall–Kier alpha value is -3.23. The first-order chi connectivity index (χ1) is 12.7. The van der Waals surface area contributed by atoms with Crippen LogP contribution in [0.25, 0.3) is 11.3 Å². The van der Waals surface area contributed by atoms with Crippen molar-refractivity contribution in [2.75, 3.05) is 30.4 Å². The van der Waals surface area contributed by atoms with Gasteiger partial charge in [-0.1, -0.05) is 0 Å². The van der Waals surface area contributed by atoms with Gasteiger partial charge in [0.15, 0.2) is 0 Å². The Labute approximate surface area is 151 Å². The molecular weight excluding hydrogens is 332 g/mol. The fraction of sp³-hybridized carbons (Fsp3) is 0.353. The van der Waals surface area contributed by atoms with Crippen LogP contribution in [-0.2, 0) is 7.05 Å². The second kappa shape index (κ2) is 6.95. The van der Waals surface area contributed by atoms with Crippen molar-refractivity contribution in [2.45, 2.75) is 12.5 Å². The Morgan fingerprint density at radius 1 is 1.27 bits per heavy atom. The van der Waals surface area contributed by atoms with Crippen LogP contribution in [0.2, 0.25) is 0 Å². The molecule has 0 amide bonds. The molecule has 1 N–H and O–H groups in total. The lowest BCUT2D eigenvalue weighted by Crippen LogP contribution is -2.27. The first kappa shape index (κ1) is 16.2. The van der Waals surface area contributed by atoms with Gasteiger partial charge in [0.25, 0.3) is 0 Å². The van der Waals surface area contributed by atoms with Gasteiger partial charge >= 0.3 is 0 Å². The highest BCUT2D eigenvalue weighted by molar-refractivity contribution is 5.58. The zero-order chi connectivity index (χ0) is 17.9. The quantitative estimate of drug-likeness (QED) is 0.736. The smallest absolute Gasteiger partial charge is 0.225 e. The third kappa shape index (κ3) is 3.41. The summed E-state index contributed by atoms with van der Waals surface area (Å²) in [6, 6.07) is 3.96. The van der Waals surface area contributed by atoms with E-state index in [2.05, 4.69) is 30.3 Å². The normalized spacial score (nSPS) is 16.7. The molecule has 1 atom stereocenters. The van der Waals surface area contributed by atoms with Gasteiger partial charge in [-0.2, -0.15) is 5.10 Å². The third-order valence-electron chi connectivity index (χ3n) is 4.32. The summed E-state index contributed by atoms with van der Waals surface area (Å²) >= 11 is 0. The van der Waals surface area contributed by atoms with E-state index in [1.165, 1.54) is 6.33 Å². The molecule has 0 saturated carbocycles. The first-order valence-corrected chi connectivity index (χ1v) is 8.41. The predicted octanol–water partition coefficient (Wildman–Crippen LogP) is 1.37. The Bertz CT molecular complexity index is 896. The van der Waals surface area contributed by atoms with E-state index >= 15 is 0 Å². The van der Waals surface area contributed by atoms with Crippen LogP contribution >= 0.6 is 0 Å². The maximum Gasteiger partial charge on any atom is 0.225 e. The molecule has 4 heterocycles. The average molecular weight is 352 g/mol. The minimum atomic E-state index is 0.264. The van der Waals surface area contributed by atoms with E-state index in [9.17, 15) is 0 Å². The third-order valence-corrected chi connectivity index (χ3v) is 4.32. The number of nitrogens with one attached hydrogen (secondary N) is 1. The molecule has 1 saturated heterocycles. The van der Waals surface area contributed by atoms with Gasteiger partial charge in [0.2, 0.25) is 11.8 Å². The molecule has 134 valence electrons. The second-order valence-corrected chi connectivity index (χ2v) is 6.17. The van der Waals surface area contributed by atoms with Crippen LogP contribution in [0.4, 0.5) is 11.8 Å². The number of anilines is 2. The number of hydrogen-bond donors (Lipinski definition) is 1. The van der Waals surface area contributed by atoms with Gasteiger partial charge in [0.1, 0.15) is 12.1 Å². The van der Waals surface area contributed by atoms with Gasteiger partial charge in [0, 0.05) is 50.2 Å². The van der Waals surface area contributed by atoms with Crippen LogP contribution in [0, 0.1) is 0 Å². The van der Waals surface area contributed by atoms with E-state index in [0.717, 1.165) is 42.5 Å². The molecule has 26 heavy (non-hydrogen) atoms. The molecule has 1 aliphatic rings. The van der Waals surface area contributed by atoms with Crippen LogP contribution < -0.4 is 15.0 Å². The summed E-state index contributed by atoms with van der Waals surface area (Å²) < 4.78 is 6.91. The summed E-state index contributed by atoms with van der Waals surface area (Å²) in [5, 5.41) is 7.63. The van der Waals surface area contributed by atoms with Gasteiger partial charge in [-0.05, 0) is 12.5 Å². The Morgan fingerprint density at radius 3 is 3.00 bits per heavy atom. The monoisotopic (exact) mass is 352 g/mol. The maximum atomic E-state index is 5.14. The van der Waals surface area contributed by atoms with E-state index < -0.39 is 0 Å². The Morgan fingerprint density at radius 2 is 2.19 bits per heavy atom. The lowest BCUT2D eigenvalue weighted by molar-refractivity contribution is 0.397. The first-order valence-electron chi connectivity index (χ1n) is 8.41. The molecule has 1 unspecified atom stereocenters. The Kier molecular flexibility index (Phi) is 4.34. The van der Waals surface area contributed by atoms with Crippen molar-refractivity contribution >= 4 is 11.8 Å². The molecule has 9 nitrogen and oxygen atoms in total. The lowest BCUT2D eigenvalue weighted by Gasteiger charge is -2.17. The van der Waals surface area contributed by atoms with Crippen molar-refractivity contribution < 1.29 is 4.74 Å². The summed E-state index contributed by atoms with van der Waals surface area (Å²) in [5.41, 5.74) is 1.86. The summed E-state index contributed by atoms with van der Waals surface area (Å²) in [6.45, 7) is 1.69. The van der Waals surface area contributed by atoms with Crippen molar-refractivity contribution in [1.82, 2.24) is 29.7 Å². The molecule has 1 aliphatic heterocycles. The fourth-order valence-electron chi connectivity index (χ4n) is 3.01. The zero-order valence-electron chi connectivity index (χ0n) is 14.7. The van der Waals surface area contributed by atoms with Crippen molar-refractivity contribution in [1.29, 1.82) is 0 Å². The SMILES string of the molecule is COc1cc(NC2CCN(c3nccc(-c4cnn(C)c4)n3)C2)ncn1. The van der Waals surface area contributed by atoms with Gasteiger partial charge in [-0.25, -0.2) is 19.9 Å². The summed E-state index contributed by atoms with van der Waals surface area (Å²) in [6.07, 6.45) is 8.02. The Balaban J connectivity index is 1.45. The van der Waals surface area contributed by atoms with Crippen LogP contribution in [-0.4, -0.2) is 56.0 Å². The van der Waals surface area contributed by atoms with Crippen molar-refractivity contribution in [3.8, 4) is 17.1 Å². The molecule has 9 heteroatoms. The summed E-state index contributed by atoms with van der Waals surface area (Å²) in [7, 11) is 3.49. The summed E-state index contributed by atoms with van der Waals surface area (Å²) in [4.78, 5) is 19.6. The number of ether oxygens (including phenoxy) is 1. The number of aromatic nitrogens is 6. The lowest BCUT2D eigenvalue weighted by atomic mass is 10.2. The molecule has 3 aromatic rings. The minimum absolute atomic E-state index is 0.264. The molecule has 3 aromatic heterocycles. The zero-order valence-corrected chi connectivity index (χ0v) is 14.7. The van der Waals surface area contributed by atoms with Crippen LogP contribution in [0.3, 0.4) is 0 Å². The van der Waals surface area contributed by atoms with E-state index in [0.29, 0.717) is 5.88 Å². The van der Waals surface area contributed by atoms with Gasteiger partial charge in [-0.3, -0.25) is 4.68 Å². The van der Waals surface area contributed by atoms with Crippen LogP contribution in [0.5, 0.6) is 5.88 Å². The maximum absolute atomic E-state index is 5.14. The van der Waals surface area contributed by atoms with E-state index in [-0.39, 0.29) is 6.04 Å². The van der Waals surface area contributed by atoms with Crippen molar-refractivity contribution in [3.05, 3.63) is 37.1 Å². The topological polar surface area (TPSA) is 93.9 Å². The van der Waals surface area contributed by atoms with E-state index in [1.807, 2.05) is 25.5 Å². The van der Waals surface area contributed by atoms with Crippen LogP contribution in [0.1, 0.15) is 6.42 Å². The highest BCUT2D eigenvalue weighted by Crippen LogP contribution is 2.22. The number of nitrogens with zero attached hydrogens (tertiary/aromatic N) is 7. The average Bonchev–Trinajstić information content (AvgIpc) is 3.31. The molecule has 0 spiro atoms. The molecule has 0 bridgehead atoms. The highest BCUT2D eigenvalue weighted by atomic mass is 16.5. The molecule has 0 radical (unpaired) electrons.